The Labute approximate surface area is 161 Å². The molecular weight excluding hydrogens is 386 g/mol. The lowest BCUT2D eigenvalue weighted by Crippen LogP contribution is -2.14. The van der Waals surface area contributed by atoms with Crippen molar-refractivity contribution < 1.29 is 12.8 Å². The van der Waals surface area contributed by atoms with Crippen molar-refractivity contribution in [2.45, 2.75) is 24.7 Å². The molecule has 2 aromatic heterocycles. The van der Waals surface area contributed by atoms with E-state index in [1.54, 1.807) is 36.5 Å². The fourth-order valence-corrected chi connectivity index (χ4v) is 4.42. The molecule has 4 aromatic rings. The Balaban J connectivity index is 1.90. The highest BCUT2D eigenvalue weighted by Gasteiger charge is 2.23. The molecule has 0 radical (unpaired) electrons. The minimum absolute atomic E-state index is 0.151. The molecule has 2 aromatic carbocycles. The van der Waals surface area contributed by atoms with Crippen LogP contribution in [-0.4, -0.2) is 22.6 Å². The van der Waals surface area contributed by atoms with E-state index >= 15 is 0 Å². The molecule has 4 rings (SSSR count). The van der Waals surface area contributed by atoms with Gasteiger partial charge in [-0.1, -0.05) is 36.7 Å². The van der Waals surface area contributed by atoms with Gasteiger partial charge in [0, 0.05) is 22.4 Å². The maximum Gasteiger partial charge on any atom is 0.283 e. The molecule has 0 aliphatic heterocycles. The number of hydrogen-bond donors (Lipinski definition) is 0. The second kappa shape index (κ2) is 6.83. The van der Waals surface area contributed by atoms with Crippen molar-refractivity contribution in [3.05, 3.63) is 65.6 Å². The first-order valence-corrected chi connectivity index (χ1v) is 10.3. The molecule has 0 amide bonds. The van der Waals surface area contributed by atoms with Gasteiger partial charge in [-0.2, -0.15) is 17.6 Å². The lowest BCUT2D eigenvalue weighted by molar-refractivity contribution is 0.515. The largest absolute Gasteiger partial charge is 0.441 e. The van der Waals surface area contributed by atoms with Gasteiger partial charge in [0.05, 0.1) is 22.8 Å². The van der Waals surface area contributed by atoms with E-state index in [9.17, 15) is 8.42 Å². The molecule has 0 aliphatic rings. The van der Waals surface area contributed by atoms with Crippen LogP contribution in [0.5, 0.6) is 0 Å². The molecule has 2 heterocycles. The number of fused-ring (bicyclic) bond motifs is 1. The molecular formula is C19H16ClN3O3S. The van der Waals surface area contributed by atoms with E-state index in [1.165, 1.54) is 18.3 Å². The summed E-state index contributed by atoms with van der Waals surface area (Å²) in [5, 5.41) is 5.09. The van der Waals surface area contributed by atoms with Gasteiger partial charge in [0.2, 0.25) is 5.89 Å². The highest BCUT2D eigenvalue weighted by Crippen LogP contribution is 2.33. The maximum atomic E-state index is 13.0. The SMILES string of the molecule is CCCc1cnc(-c2cc(Cl)cc3c2cnn3S(=O)(=O)c2ccccc2)o1. The summed E-state index contributed by atoms with van der Waals surface area (Å²) in [6, 6.07) is 11.4. The number of hydrogen-bond acceptors (Lipinski definition) is 5. The zero-order chi connectivity index (χ0) is 19.0. The average Bonchev–Trinajstić information content (AvgIpc) is 3.29. The summed E-state index contributed by atoms with van der Waals surface area (Å²) in [7, 11) is -3.85. The van der Waals surface area contributed by atoms with Crippen molar-refractivity contribution >= 4 is 32.5 Å². The minimum atomic E-state index is -3.85. The Morgan fingerprint density at radius 3 is 2.67 bits per heavy atom. The van der Waals surface area contributed by atoms with Gasteiger partial charge in [-0.3, -0.25) is 0 Å². The monoisotopic (exact) mass is 401 g/mol. The smallest absolute Gasteiger partial charge is 0.283 e. The van der Waals surface area contributed by atoms with Crippen molar-refractivity contribution in [3.8, 4) is 11.5 Å². The number of rotatable bonds is 5. The molecule has 0 aliphatic carbocycles. The molecule has 6 nitrogen and oxygen atoms in total. The van der Waals surface area contributed by atoms with Gasteiger partial charge in [0.15, 0.2) is 0 Å². The van der Waals surface area contributed by atoms with E-state index in [-0.39, 0.29) is 4.90 Å². The predicted molar refractivity (Wildman–Crippen MR) is 103 cm³/mol. The standard InChI is InChI=1S/C19H16ClN3O3S/c1-2-6-14-11-21-19(26-14)16-9-13(20)10-18-17(16)12-22-23(18)27(24,25)15-7-4-3-5-8-15/h3-5,7-12H,2,6H2,1H3. The summed E-state index contributed by atoms with van der Waals surface area (Å²) in [6.07, 6.45) is 4.88. The van der Waals surface area contributed by atoms with E-state index in [4.69, 9.17) is 16.0 Å². The Kier molecular flexibility index (Phi) is 4.49. The number of aryl methyl sites for hydroxylation is 1. The molecule has 0 bridgehead atoms. The van der Waals surface area contributed by atoms with Gasteiger partial charge >= 0.3 is 0 Å². The molecule has 0 saturated carbocycles. The molecule has 27 heavy (non-hydrogen) atoms. The number of oxazole rings is 1. The van der Waals surface area contributed by atoms with E-state index in [1.807, 2.05) is 0 Å². The van der Waals surface area contributed by atoms with E-state index in [0.717, 1.165) is 22.7 Å². The number of aromatic nitrogens is 3. The quantitative estimate of drug-likeness (QED) is 0.490. The third kappa shape index (κ3) is 3.13. The molecule has 0 unspecified atom stereocenters. The van der Waals surface area contributed by atoms with Crippen LogP contribution in [0.1, 0.15) is 19.1 Å². The summed E-state index contributed by atoms with van der Waals surface area (Å²) >= 11 is 6.26. The summed E-state index contributed by atoms with van der Waals surface area (Å²) in [5.74, 6) is 1.16. The van der Waals surface area contributed by atoms with Crippen LogP contribution in [0.25, 0.3) is 22.4 Å². The Morgan fingerprint density at radius 1 is 1.15 bits per heavy atom. The van der Waals surface area contributed by atoms with E-state index < -0.39 is 10.0 Å². The first kappa shape index (κ1) is 17.8. The molecule has 0 saturated heterocycles. The topological polar surface area (TPSA) is 78.0 Å². The Bertz CT molecular complexity index is 1210. The third-order valence-electron chi connectivity index (χ3n) is 4.17. The molecule has 0 spiro atoms. The fourth-order valence-electron chi connectivity index (χ4n) is 2.92. The molecule has 0 atom stereocenters. The van der Waals surface area contributed by atoms with Gasteiger partial charge in [0.25, 0.3) is 10.0 Å². The van der Waals surface area contributed by atoms with Gasteiger partial charge in [-0.05, 0) is 30.7 Å². The first-order valence-electron chi connectivity index (χ1n) is 8.43. The Hall–Kier alpha value is -2.64. The zero-order valence-electron chi connectivity index (χ0n) is 14.5. The molecule has 0 N–H and O–H groups in total. The van der Waals surface area contributed by atoms with E-state index in [2.05, 4.69) is 17.0 Å². The minimum Gasteiger partial charge on any atom is -0.441 e. The molecule has 0 fully saturated rings. The highest BCUT2D eigenvalue weighted by atomic mass is 35.5. The highest BCUT2D eigenvalue weighted by molar-refractivity contribution is 7.90. The van der Waals surface area contributed by atoms with Crippen LogP contribution in [0.15, 0.2) is 64.2 Å². The second-order valence-corrected chi connectivity index (χ2v) is 8.28. The average molecular weight is 402 g/mol. The third-order valence-corrected chi connectivity index (χ3v) is 6.00. The van der Waals surface area contributed by atoms with Crippen LogP contribution < -0.4 is 0 Å². The van der Waals surface area contributed by atoms with Crippen molar-refractivity contribution in [2.75, 3.05) is 0 Å². The lowest BCUT2D eigenvalue weighted by atomic mass is 10.1. The second-order valence-electron chi connectivity index (χ2n) is 6.07. The fraction of sp³-hybridized carbons (Fsp3) is 0.158. The van der Waals surface area contributed by atoms with Gasteiger partial charge in [-0.15, -0.1) is 0 Å². The van der Waals surface area contributed by atoms with Crippen molar-refractivity contribution in [1.29, 1.82) is 0 Å². The maximum absolute atomic E-state index is 13.0. The number of benzene rings is 2. The molecule has 8 heteroatoms. The molecule has 138 valence electrons. The summed E-state index contributed by atoms with van der Waals surface area (Å²) in [4.78, 5) is 4.46. The first-order chi connectivity index (χ1) is 13.0. The van der Waals surface area contributed by atoms with Crippen LogP contribution in [0.2, 0.25) is 5.02 Å². The van der Waals surface area contributed by atoms with Crippen LogP contribution in [0, 0.1) is 0 Å². The van der Waals surface area contributed by atoms with Crippen LogP contribution in [0.3, 0.4) is 0 Å². The normalized spacial score (nSPS) is 11.9. The van der Waals surface area contributed by atoms with Crippen LogP contribution in [0.4, 0.5) is 0 Å². The van der Waals surface area contributed by atoms with Crippen molar-refractivity contribution in [2.24, 2.45) is 0 Å². The van der Waals surface area contributed by atoms with Crippen LogP contribution in [-0.2, 0) is 16.4 Å². The summed E-state index contributed by atoms with van der Waals surface area (Å²) in [5.41, 5.74) is 0.978. The van der Waals surface area contributed by atoms with Crippen molar-refractivity contribution in [1.82, 2.24) is 14.2 Å². The van der Waals surface area contributed by atoms with Crippen LogP contribution >= 0.6 is 11.6 Å². The van der Waals surface area contributed by atoms with Gasteiger partial charge < -0.3 is 4.42 Å². The van der Waals surface area contributed by atoms with Crippen molar-refractivity contribution in [3.63, 3.8) is 0 Å². The zero-order valence-corrected chi connectivity index (χ0v) is 16.0. The summed E-state index contributed by atoms with van der Waals surface area (Å²) < 4.78 is 32.7. The van der Waals surface area contributed by atoms with E-state index in [0.29, 0.717) is 27.4 Å². The lowest BCUT2D eigenvalue weighted by Gasteiger charge is -2.07. The number of halogens is 1. The predicted octanol–water partition coefficient (Wildman–Crippen LogP) is 4.53. The van der Waals surface area contributed by atoms with Gasteiger partial charge in [-0.25, -0.2) is 4.98 Å². The van der Waals surface area contributed by atoms with Gasteiger partial charge in [0.1, 0.15) is 5.76 Å². The number of nitrogens with zero attached hydrogens (tertiary/aromatic N) is 3. The Morgan fingerprint density at radius 2 is 1.93 bits per heavy atom. The summed E-state index contributed by atoms with van der Waals surface area (Å²) in [6.45, 7) is 2.05.